The first-order valence-electron chi connectivity index (χ1n) is 3.98. The lowest BCUT2D eigenvalue weighted by atomic mass is 10.0. The maximum Gasteiger partial charge on any atom is 0.397 e. The van der Waals surface area contributed by atoms with Crippen LogP contribution in [0.15, 0.2) is 0 Å². The van der Waals surface area contributed by atoms with Crippen molar-refractivity contribution in [3.8, 4) is 0 Å². The monoisotopic (exact) mass is 242 g/mol. The van der Waals surface area contributed by atoms with Crippen molar-refractivity contribution >= 4 is 16.4 Å². The molecule has 0 bridgehead atoms. The van der Waals surface area contributed by atoms with Crippen LogP contribution in [0.5, 0.6) is 0 Å². The van der Waals surface area contributed by atoms with Crippen LogP contribution in [0.25, 0.3) is 0 Å². The van der Waals surface area contributed by atoms with Crippen LogP contribution in [0.2, 0.25) is 0 Å². The third-order valence-electron chi connectivity index (χ3n) is 1.86. The molecule has 0 aromatic rings. The second-order valence-electron chi connectivity index (χ2n) is 3.03. The predicted octanol–water partition coefficient (Wildman–Crippen LogP) is -1.59. The molecule has 0 amide bonds. The van der Waals surface area contributed by atoms with Crippen LogP contribution in [0.1, 0.15) is 6.42 Å². The van der Waals surface area contributed by atoms with Crippen LogP contribution in [-0.2, 0) is 24.1 Å². The van der Waals surface area contributed by atoms with Gasteiger partial charge in [-0.1, -0.05) is 0 Å². The van der Waals surface area contributed by atoms with Gasteiger partial charge in [0, 0.05) is 6.42 Å². The molecule has 88 valence electrons. The fourth-order valence-electron chi connectivity index (χ4n) is 1.19. The van der Waals surface area contributed by atoms with Crippen molar-refractivity contribution in [2.24, 2.45) is 0 Å². The van der Waals surface area contributed by atoms with Crippen molar-refractivity contribution in [3.63, 3.8) is 0 Å². The molecule has 3 N–H and O–H groups in total. The Morgan fingerprint density at radius 3 is 2.53 bits per heavy atom. The van der Waals surface area contributed by atoms with Gasteiger partial charge in [-0.25, -0.2) is 8.98 Å². The average molecular weight is 242 g/mol. The molecule has 0 radical (unpaired) electrons. The molecule has 8 nitrogen and oxygen atoms in total. The van der Waals surface area contributed by atoms with Gasteiger partial charge in [-0.2, -0.15) is 8.42 Å². The summed E-state index contributed by atoms with van der Waals surface area (Å²) in [6.45, 7) is -0.364. The first-order chi connectivity index (χ1) is 6.79. The number of carbonyl (C=O) groups is 1. The lowest BCUT2D eigenvalue weighted by Gasteiger charge is -2.29. The molecule has 1 aliphatic heterocycles. The fourth-order valence-corrected chi connectivity index (χ4v) is 1.71. The number of aliphatic carboxylic acids is 1. The summed E-state index contributed by atoms with van der Waals surface area (Å²) >= 11 is 0. The van der Waals surface area contributed by atoms with E-state index in [0.29, 0.717) is 0 Å². The highest BCUT2D eigenvalue weighted by Crippen LogP contribution is 2.19. The van der Waals surface area contributed by atoms with Crippen LogP contribution >= 0.6 is 0 Å². The zero-order chi connectivity index (χ0) is 11.6. The molecule has 1 heterocycles. The molecule has 1 fully saturated rings. The number of carboxylic acids is 1. The summed E-state index contributed by atoms with van der Waals surface area (Å²) in [5.41, 5.74) is 0. The van der Waals surface area contributed by atoms with Crippen LogP contribution in [-0.4, -0.2) is 54.1 Å². The Labute approximate surface area is 85.4 Å². The first kappa shape index (κ1) is 12.3. The van der Waals surface area contributed by atoms with E-state index in [4.69, 9.17) is 14.4 Å². The second kappa shape index (κ2) is 4.41. The average Bonchev–Trinajstić information content (AvgIpc) is 2.06. The van der Waals surface area contributed by atoms with Crippen molar-refractivity contribution < 1.29 is 36.9 Å². The minimum absolute atomic E-state index is 0.351. The smallest absolute Gasteiger partial charge is 0.397 e. The summed E-state index contributed by atoms with van der Waals surface area (Å²) in [4.78, 5) is 10.5. The Kier molecular flexibility index (Phi) is 3.62. The van der Waals surface area contributed by atoms with Gasteiger partial charge in [-0.05, 0) is 0 Å². The molecule has 1 aliphatic rings. The number of rotatable bonds is 3. The largest absolute Gasteiger partial charge is 0.479 e. The van der Waals surface area contributed by atoms with Crippen molar-refractivity contribution in [1.29, 1.82) is 0 Å². The van der Waals surface area contributed by atoms with Crippen LogP contribution in [0.4, 0.5) is 0 Å². The Hall–Kier alpha value is -0.740. The van der Waals surface area contributed by atoms with Gasteiger partial charge in [0.1, 0.15) is 12.2 Å². The highest BCUT2D eigenvalue weighted by atomic mass is 32.3. The lowest BCUT2D eigenvalue weighted by molar-refractivity contribution is -0.166. The highest BCUT2D eigenvalue weighted by molar-refractivity contribution is 7.80. The van der Waals surface area contributed by atoms with Crippen LogP contribution < -0.4 is 0 Å². The van der Waals surface area contributed by atoms with Crippen LogP contribution in [0.3, 0.4) is 0 Å². The lowest BCUT2D eigenvalue weighted by Crippen LogP contribution is -2.46. The Morgan fingerprint density at radius 1 is 1.47 bits per heavy atom. The SMILES string of the molecule is O=C(O)C1C[C@@H](OS(=O)(=O)O)C(O)CO1. The fraction of sp³-hybridized carbons (Fsp3) is 0.833. The van der Waals surface area contributed by atoms with E-state index in [2.05, 4.69) is 4.18 Å². The van der Waals surface area contributed by atoms with Gasteiger partial charge in [-0.3, -0.25) is 4.55 Å². The van der Waals surface area contributed by atoms with Gasteiger partial charge in [0.15, 0.2) is 6.10 Å². The van der Waals surface area contributed by atoms with Crippen LogP contribution in [0, 0.1) is 0 Å². The van der Waals surface area contributed by atoms with Crippen molar-refractivity contribution in [2.45, 2.75) is 24.7 Å². The maximum atomic E-state index is 10.5. The van der Waals surface area contributed by atoms with E-state index < -0.39 is 34.7 Å². The molecule has 0 aromatic carbocycles. The summed E-state index contributed by atoms with van der Waals surface area (Å²) in [6.07, 6.45) is -4.20. The summed E-state index contributed by atoms with van der Waals surface area (Å²) in [7, 11) is -4.71. The van der Waals surface area contributed by atoms with E-state index in [0.717, 1.165) is 0 Å². The van der Waals surface area contributed by atoms with Crippen molar-refractivity contribution in [3.05, 3.63) is 0 Å². The molecule has 1 rings (SSSR count). The molecule has 15 heavy (non-hydrogen) atoms. The van der Waals surface area contributed by atoms with E-state index in [-0.39, 0.29) is 13.0 Å². The predicted molar refractivity (Wildman–Crippen MR) is 44.4 cm³/mol. The molecular weight excluding hydrogens is 232 g/mol. The minimum Gasteiger partial charge on any atom is -0.479 e. The maximum absolute atomic E-state index is 10.5. The molecule has 9 heteroatoms. The number of hydrogen-bond acceptors (Lipinski definition) is 6. The molecular formula is C6H10O8S. The Bertz CT molecular complexity index is 335. The third-order valence-corrected chi connectivity index (χ3v) is 2.35. The molecule has 0 saturated carbocycles. The zero-order valence-electron chi connectivity index (χ0n) is 7.44. The van der Waals surface area contributed by atoms with E-state index >= 15 is 0 Å². The quantitative estimate of drug-likeness (QED) is 0.505. The Morgan fingerprint density at radius 2 is 2.07 bits per heavy atom. The summed E-state index contributed by atoms with van der Waals surface area (Å²) in [5, 5.41) is 17.8. The van der Waals surface area contributed by atoms with E-state index in [1.54, 1.807) is 0 Å². The molecule has 0 aliphatic carbocycles. The van der Waals surface area contributed by atoms with Gasteiger partial charge >= 0.3 is 16.4 Å². The number of hydrogen-bond donors (Lipinski definition) is 3. The molecule has 1 saturated heterocycles. The first-order valence-corrected chi connectivity index (χ1v) is 5.34. The molecule has 2 unspecified atom stereocenters. The molecule has 0 aromatic heterocycles. The van der Waals surface area contributed by atoms with Gasteiger partial charge in [0.2, 0.25) is 0 Å². The Balaban J connectivity index is 2.66. The topological polar surface area (TPSA) is 130 Å². The number of carboxylic acid groups (broad SMARTS) is 1. The van der Waals surface area contributed by atoms with Gasteiger partial charge in [0.05, 0.1) is 6.61 Å². The number of aliphatic hydroxyl groups excluding tert-OH is 1. The van der Waals surface area contributed by atoms with E-state index in [1.165, 1.54) is 0 Å². The second-order valence-corrected chi connectivity index (χ2v) is 4.07. The van der Waals surface area contributed by atoms with Crippen molar-refractivity contribution in [2.75, 3.05) is 6.61 Å². The number of ether oxygens (including phenoxy) is 1. The van der Waals surface area contributed by atoms with Gasteiger partial charge in [0.25, 0.3) is 0 Å². The van der Waals surface area contributed by atoms with Crippen molar-refractivity contribution in [1.82, 2.24) is 0 Å². The van der Waals surface area contributed by atoms with Gasteiger partial charge < -0.3 is 14.9 Å². The summed E-state index contributed by atoms with van der Waals surface area (Å²) in [5.74, 6) is -1.29. The highest BCUT2D eigenvalue weighted by Gasteiger charge is 2.36. The molecule has 3 atom stereocenters. The number of aliphatic hydroxyl groups is 1. The zero-order valence-corrected chi connectivity index (χ0v) is 8.25. The van der Waals surface area contributed by atoms with E-state index in [1.807, 2.05) is 0 Å². The summed E-state index contributed by atoms with van der Waals surface area (Å²) < 4.78 is 37.9. The standard InChI is InChI=1S/C6H10O8S/c7-3-2-13-5(6(8)9)1-4(3)14-15(10,11)12/h3-5,7H,1-2H2,(H,8,9)(H,10,11,12)/t3?,4-,5?/m1/s1. The third kappa shape index (κ3) is 3.72. The van der Waals surface area contributed by atoms with E-state index in [9.17, 15) is 18.3 Å². The summed E-state index contributed by atoms with van der Waals surface area (Å²) in [6, 6.07) is 0. The minimum atomic E-state index is -4.71. The molecule has 0 spiro atoms. The van der Waals surface area contributed by atoms with Gasteiger partial charge in [-0.15, -0.1) is 0 Å². The normalized spacial score (nSPS) is 32.5.